The van der Waals surface area contributed by atoms with Gasteiger partial charge < -0.3 is 9.42 Å². The molecule has 0 bridgehead atoms. The Bertz CT molecular complexity index is 865. The molecule has 128 valence electrons. The molecule has 1 fully saturated rings. The molecule has 0 aliphatic carbocycles. The van der Waals surface area contributed by atoms with E-state index in [1.165, 1.54) is 0 Å². The number of aryl methyl sites for hydroxylation is 1. The number of aromatic nitrogens is 5. The van der Waals surface area contributed by atoms with Crippen LogP contribution in [-0.2, 0) is 0 Å². The van der Waals surface area contributed by atoms with Crippen LogP contribution in [0.15, 0.2) is 41.6 Å². The molecule has 0 aromatic carbocycles. The smallest absolute Gasteiger partial charge is 0.254 e. The number of hydrogen-bond donors (Lipinski definition) is 0. The van der Waals surface area contributed by atoms with E-state index in [-0.39, 0.29) is 11.8 Å². The molecule has 1 amide bonds. The van der Waals surface area contributed by atoms with Gasteiger partial charge in [-0.05, 0) is 31.9 Å². The highest BCUT2D eigenvalue weighted by Crippen LogP contribution is 2.27. The number of carbonyl (C=O) groups excluding carboxylic acids is 1. The molecule has 4 heterocycles. The van der Waals surface area contributed by atoms with Gasteiger partial charge in [0.2, 0.25) is 5.89 Å². The number of pyridine rings is 1. The van der Waals surface area contributed by atoms with E-state index in [4.69, 9.17) is 4.52 Å². The molecule has 0 N–H and O–H groups in total. The molecule has 8 nitrogen and oxygen atoms in total. The average molecular weight is 338 g/mol. The first-order chi connectivity index (χ1) is 12.2. The summed E-state index contributed by atoms with van der Waals surface area (Å²) in [6.07, 6.45) is 8.44. The molecule has 0 saturated carbocycles. The second-order valence-corrected chi connectivity index (χ2v) is 6.12. The summed E-state index contributed by atoms with van der Waals surface area (Å²) < 4.78 is 7.04. The van der Waals surface area contributed by atoms with E-state index in [0.717, 1.165) is 12.8 Å². The lowest BCUT2D eigenvalue weighted by molar-refractivity contribution is 0.0704. The lowest BCUT2D eigenvalue weighted by Crippen LogP contribution is -2.38. The van der Waals surface area contributed by atoms with Crippen LogP contribution < -0.4 is 0 Å². The largest absolute Gasteiger partial charge is 0.339 e. The summed E-state index contributed by atoms with van der Waals surface area (Å²) in [5.74, 6) is 2.25. The van der Waals surface area contributed by atoms with Gasteiger partial charge >= 0.3 is 0 Å². The Morgan fingerprint density at radius 1 is 1.28 bits per heavy atom. The maximum atomic E-state index is 12.8. The minimum absolute atomic E-state index is 0.0175. The third kappa shape index (κ3) is 3.15. The highest BCUT2D eigenvalue weighted by molar-refractivity contribution is 5.94. The maximum absolute atomic E-state index is 12.8. The third-order valence-corrected chi connectivity index (χ3v) is 4.44. The summed E-state index contributed by atoms with van der Waals surface area (Å²) in [4.78, 5) is 27.3. The van der Waals surface area contributed by atoms with E-state index in [9.17, 15) is 4.79 Å². The second kappa shape index (κ2) is 6.46. The first-order valence-corrected chi connectivity index (χ1v) is 8.24. The van der Waals surface area contributed by atoms with Crippen molar-refractivity contribution in [1.82, 2.24) is 29.6 Å². The Morgan fingerprint density at radius 2 is 2.12 bits per heavy atom. The zero-order chi connectivity index (χ0) is 17.2. The van der Waals surface area contributed by atoms with Gasteiger partial charge in [0.15, 0.2) is 5.82 Å². The van der Waals surface area contributed by atoms with Gasteiger partial charge in [0.05, 0.1) is 0 Å². The Kier molecular flexibility index (Phi) is 4.01. The van der Waals surface area contributed by atoms with Gasteiger partial charge in [0, 0.05) is 43.2 Å². The summed E-state index contributed by atoms with van der Waals surface area (Å²) in [5.41, 5.74) is 0.630. The van der Waals surface area contributed by atoms with Gasteiger partial charge in [-0.2, -0.15) is 4.98 Å². The number of nitrogens with zero attached hydrogens (tertiary/aromatic N) is 6. The molecule has 8 heteroatoms. The predicted octanol–water partition coefficient (Wildman–Crippen LogP) is 1.98. The molecule has 3 aromatic heterocycles. The van der Waals surface area contributed by atoms with E-state index in [1.54, 1.807) is 41.6 Å². The quantitative estimate of drug-likeness (QED) is 0.725. The molecule has 4 rings (SSSR count). The van der Waals surface area contributed by atoms with E-state index in [1.807, 2.05) is 11.8 Å². The van der Waals surface area contributed by atoms with Gasteiger partial charge in [-0.25, -0.2) is 9.97 Å². The number of hydrogen-bond acceptors (Lipinski definition) is 6. The van der Waals surface area contributed by atoms with Crippen LogP contribution in [0.1, 0.15) is 40.8 Å². The normalized spacial score (nSPS) is 15.5. The van der Waals surface area contributed by atoms with E-state index in [2.05, 4.69) is 20.1 Å². The van der Waals surface area contributed by atoms with Gasteiger partial charge in [-0.1, -0.05) is 5.16 Å². The second-order valence-electron chi connectivity index (χ2n) is 6.12. The summed E-state index contributed by atoms with van der Waals surface area (Å²) >= 11 is 0. The van der Waals surface area contributed by atoms with Crippen LogP contribution in [0.25, 0.3) is 5.82 Å². The van der Waals surface area contributed by atoms with Gasteiger partial charge in [-0.15, -0.1) is 0 Å². The minimum atomic E-state index is 0.0175. The number of rotatable bonds is 3. The average Bonchev–Trinajstić information content (AvgIpc) is 3.33. The zero-order valence-electron chi connectivity index (χ0n) is 13.9. The van der Waals surface area contributed by atoms with E-state index in [0.29, 0.717) is 36.2 Å². The Balaban J connectivity index is 1.45. The van der Waals surface area contributed by atoms with Crippen LogP contribution in [0.3, 0.4) is 0 Å². The number of piperidine rings is 1. The fourth-order valence-electron chi connectivity index (χ4n) is 3.08. The number of carbonyl (C=O) groups is 1. The molecule has 0 unspecified atom stereocenters. The van der Waals surface area contributed by atoms with Crippen molar-refractivity contribution in [3.8, 4) is 5.82 Å². The Hall–Kier alpha value is -3.03. The van der Waals surface area contributed by atoms with Crippen molar-refractivity contribution in [2.45, 2.75) is 25.7 Å². The van der Waals surface area contributed by atoms with Gasteiger partial charge in [-0.3, -0.25) is 9.36 Å². The predicted molar refractivity (Wildman–Crippen MR) is 88.3 cm³/mol. The van der Waals surface area contributed by atoms with Crippen LogP contribution in [-0.4, -0.2) is 48.6 Å². The van der Waals surface area contributed by atoms with E-state index >= 15 is 0 Å². The molecule has 1 saturated heterocycles. The van der Waals surface area contributed by atoms with Crippen molar-refractivity contribution < 1.29 is 9.32 Å². The van der Waals surface area contributed by atoms with Crippen LogP contribution in [0.2, 0.25) is 0 Å². The number of imidazole rings is 1. The van der Waals surface area contributed by atoms with Crippen LogP contribution in [0.4, 0.5) is 0 Å². The van der Waals surface area contributed by atoms with Crippen molar-refractivity contribution in [3.05, 3.63) is 54.3 Å². The lowest BCUT2D eigenvalue weighted by atomic mass is 9.96. The topological polar surface area (TPSA) is 89.9 Å². The molecule has 0 radical (unpaired) electrons. The Labute approximate surface area is 144 Å². The highest BCUT2D eigenvalue weighted by Gasteiger charge is 2.27. The van der Waals surface area contributed by atoms with Crippen molar-refractivity contribution in [1.29, 1.82) is 0 Å². The van der Waals surface area contributed by atoms with Crippen molar-refractivity contribution in [2.75, 3.05) is 13.1 Å². The van der Waals surface area contributed by atoms with Crippen LogP contribution >= 0.6 is 0 Å². The standard InChI is InChI=1S/C17H18N6O2/c1-12-20-16(25-21-12)13-3-7-22(8-4-13)17(24)14-2-5-19-15(10-14)23-9-6-18-11-23/h2,5-6,9-11,13H,3-4,7-8H2,1H3. The number of likely N-dealkylation sites (tertiary alicyclic amines) is 1. The van der Waals surface area contributed by atoms with Crippen LogP contribution in [0.5, 0.6) is 0 Å². The molecular weight excluding hydrogens is 320 g/mol. The van der Waals surface area contributed by atoms with Crippen molar-refractivity contribution in [2.24, 2.45) is 0 Å². The van der Waals surface area contributed by atoms with Gasteiger partial charge in [0.1, 0.15) is 12.1 Å². The lowest BCUT2D eigenvalue weighted by Gasteiger charge is -2.30. The highest BCUT2D eigenvalue weighted by atomic mass is 16.5. The molecule has 1 aliphatic heterocycles. The monoisotopic (exact) mass is 338 g/mol. The zero-order valence-corrected chi connectivity index (χ0v) is 13.9. The van der Waals surface area contributed by atoms with Crippen LogP contribution in [0, 0.1) is 6.92 Å². The molecule has 0 spiro atoms. The molecular formula is C17H18N6O2. The maximum Gasteiger partial charge on any atom is 0.254 e. The summed E-state index contributed by atoms with van der Waals surface area (Å²) in [7, 11) is 0. The van der Waals surface area contributed by atoms with E-state index < -0.39 is 0 Å². The summed E-state index contributed by atoms with van der Waals surface area (Å²) in [5, 5.41) is 3.85. The Morgan fingerprint density at radius 3 is 2.80 bits per heavy atom. The third-order valence-electron chi connectivity index (χ3n) is 4.44. The first kappa shape index (κ1) is 15.5. The SMILES string of the molecule is Cc1noc(C2CCN(C(=O)c3ccnc(-n4ccnc4)c3)CC2)n1. The number of amides is 1. The fourth-order valence-corrected chi connectivity index (χ4v) is 3.08. The van der Waals surface area contributed by atoms with Crippen molar-refractivity contribution >= 4 is 5.91 Å². The van der Waals surface area contributed by atoms with Crippen molar-refractivity contribution in [3.63, 3.8) is 0 Å². The fraction of sp³-hybridized carbons (Fsp3) is 0.353. The van der Waals surface area contributed by atoms with Gasteiger partial charge in [0.25, 0.3) is 5.91 Å². The molecule has 1 aliphatic rings. The molecule has 0 atom stereocenters. The summed E-state index contributed by atoms with van der Waals surface area (Å²) in [6, 6.07) is 3.54. The summed E-state index contributed by atoms with van der Waals surface area (Å²) in [6.45, 7) is 3.16. The molecule has 25 heavy (non-hydrogen) atoms. The first-order valence-electron chi connectivity index (χ1n) is 8.24. The molecule has 3 aromatic rings. The minimum Gasteiger partial charge on any atom is -0.339 e.